The van der Waals surface area contributed by atoms with Gasteiger partial charge in [-0.05, 0) is 12.8 Å². The number of carbonyl (C=O) groups excluding carboxylic acids is 1. The predicted octanol–water partition coefficient (Wildman–Crippen LogP) is -1.14. The van der Waals surface area contributed by atoms with E-state index < -0.39 is 55.6 Å². The van der Waals surface area contributed by atoms with E-state index in [1.807, 2.05) is 6.08 Å². The van der Waals surface area contributed by atoms with Crippen LogP contribution in [0.3, 0.4) is 0 Å². The first kappa shape index (κ1) is 21.9. The van der Waals surface area contributed by atoms with Gasteiger partial charge in [0.05, 0.1) is 19.1 Å². The monoisotopic (exact) mass is 426 g/mol. The van der Waals surface area contributed by atoms with E-state index in [4.69, 9.17) is 14.2 Å². The lowest BCUT2D eigenvalue weighted by Crippen LogP contribution is -2.62. The molecule has 3 fully saturated rings. The maximum Gasteiger partial charge on any atom is 0.309 e. The number of carbonyl (C=O) groups is 1. The van der Waals surface area contributed by atoms with Crippen LogP contribution in [0.4, 0.5) is 0 Å². The van der Waals surface area contributed by atoms with E-state index in [-0.39, 0.29) is 29.6 Å². The van der Waals surface area contributed by atoms with Crippen molar-refractivity contribution in [2.45, 2.75) is 62.2 Å². The highest BCUT2D eigenvalue weighted by Gasteiger charge is 2.58. The van der Waals surface area contributed by atoms with E-state index in [1.54, 1.807) is 13.0 Å². The van der Waals surface area contributed by atoms with Gasteiger partial charge in [-0.3, -0.25) is 4.79 Å². The molecule has 1 saturated carbocycles. The largest absolute Gasteiger partial charge is 0.461 e. The van der Waals surface area contributed by atoms with Crippen LogP contribution in [-0.2, 0) is 19.0 Å². The summed E-state index contributed by atoms with van der Waals surface area (Å²) in [5.41, 5.74) is -0.371. The van der Waals surface area contributed by atoms with Crippen LogP contribution in [-0.4, -0.2) is 87.1 Å². The van der Waals surface area contributed by atoms with Crippen LogP contribution in [0.25, 0.3) is 0 Å². The van der Waals surface area contributed by atoms with Crippen molar-refractivity contribution < 1.29 is 44.5 Å². The predicted molar refractivity (Wildman–Crippen MR) is 102 cm³/mol. The fourth-order valence-electron chi connectivity index (χ4n) is 5.44. The Hall–Kier alpha value is -1.33. The first-order valence-corrected chi connectivity index (χ1v) is 10.4. The van der Waals surface area contributed by atoms with Crippen LogP contribution in [0.2, 0.25) is 0 Å². The van der Waals surface area contributed by atoms with Crippen molar-refractivity contribution >= 4 is 5.97 Å². The smallest absolute Gasteiger partial charge is 0.309 e. The number of aliphatic hydroxyl groups excluding tert-OH is 5. The molecule has 9 heteroatoms. The van der Waals surface area contributed by atoms with Crippen molar-refractivity contribution in [3.63, 3.8) is 0 Å². The van der Waals surface area contributed by atoms with Gasteiger partial charge < -0.3 is 39.7 Å². The zero-order valence-corrected chi connectivity index (χ0v) is 16.8. The molecule has 0 bridgehead atoms. The normalized spacial score (nSPS) is 50.7. The first-order valence-electron chi connectivity index (χ1n) is 10.4. The molecule has 9 nitrogen and oxygen atoms in total. The van der Waals surface area contributed by atoms with Gasteiger partial charge in [0, 0.05) is 17.8 Å². The van der Waals surface area contributed by atoms with Crippen LogP contribution in [0.15, 0.2) is 24.3 Å². The molecule has 0 aromatic heterocycles. The van der Waals surface area contributed by atoms with Gasteiger partial charge in [-0.2, -0.15) is 0 Å². The molecular weight excluding hydrogens is 396 g/mol. The molecule has 2 aliphatic carbocycles. The van der Waals surface area contributed by atoms with Crippen molar-refractivity contribution in [1.29, 1.82) is 0 Å². The summed E-state index contributed by atoms with van der Waals surface area (Å²) >= 11 is 0. The summed E-state index contributed by atoms with van der Waals surface area (Å²) in [6.07, 6.45) is -2.76. The Morgan fingerprint density at radius 2 is 1.97 bits per heavy atom. The van der Waals surface area contributed by atoms with Crippen LogP contribution in [0, 0.1) is 23.7 Å². The van der Waals surface area contributed by atoms with E-state index in [2.05, 4.69) is 6.58 Å². The number of aliphatic hydroxyl groups is 5. The third kappa shape index (κ3) is 3.24. The number of fused-ring (bicyclic) bond motifs is 3. The lowest BCUT2D eigenvalue weighted by molar-refractivity contribution is -0.330. The quantitative estimate of drug-likeness (QED) is 0.278. The summed E-state index contributed by atoms with van der Waals surface area (Å²) in [5.74, 6) is -1.35. The van der Waals surface area contributed by atoms with Crippen LogP contribution in [0.1, 0.15) is 19.8 Å². The number of hydrogen-bond acceptors (Lipinski definition) is 9. The zero-order valence-electron chi connectivity index (χ0n) is 16.8. The second-order valence-electron chi connectivity index (χ2n) is 8.88. The molecule has 0 amide bonds. The van der Waals surface area contributed by atoms with Crippen LogP contribution < -0.4 is 0 Å². The summed E-state index contributed by atoms with van der Waals surface area (Å²) in [4.78, 5) is 12.2. The van der Waals surface area contributed by atoms with E-state index in [9.17, 15) is 30.3 Å². The minimum atomic E-state index is -1.58. The Morgan fingerprint density at radius 3 is 2.63 bits per heavy atom. The molecular formula is C21H30O9. The maximum absolute atomic E-state index is 12.2. The molecule has 0 radical (unpaired) electrons. The van der Waals surface area contributed by atoms with Crippen LogP contribution in [0.5, 0.6) is 0 Å². The molecule has 4 rings (SSSR count). The van der Waals surface area contributed by atoms with Gasteiger partial charge in [0.25, 0.3) is 0 Å². The molecule has 2 heterocycles. The van der Waals surface area contributed by atoms with Gasteiger partial charge in [-0.15, -0.1) is 0 Å². The SMILES string of the molecule is C=C1CC[C@@H]2[C@H]1[C@H]1OC(=O)[C@@H](C)[C@@H]1C=C[C@]2(CO)O[C@@H]1O[C@H](CO)[C@@H](O)[C@@H](O)[C@H]1O. The molecule has 0 aromatic carbocycles. The Kier molecular flexibility index (Phi) is 5.82. The van der Waals surface area contributed by atoms with E-state index in [0.29, 0.717) is 12.8 Å². The molecule has 30 heavy (non-hydrogen) atoms. The van der Waals surface area contributed by atoms with Crippen molar-refractivity contribution in [1.82, 2.24) is 0 Å². The van der Waals surface area contributed by atoms with Gasteiger partial charge in [-0.1, -0.05) is 31.2 Å². The molecule has 0 spiro atoms. The van der Waals surface area contributed by atoms with Gasteiger partial charge >= 0.3 is 5.97 Å². The van der Waals surface area contributed by atoms with E-state index >= 15 is 0 Å². The second kappa shape index (κ2) is 7.98. The molecule has 2 aliphatic heterocycles. The Labute approximate surface area is 174 Å². The van der Waals surface area contributed by atoms with Gasteiger partial charge in [-0.25, -0.2) is 0 Å². The molecule has 2 saturated heterocycles. The van der Waals surface area contributed by atoms with Gasteiger partial charge in [0.1, 0.15) is 36.1 Å². The first-order chi connectivity index (χ1) is 14.2. The minimum Gasteiger partial charge on any atom is -0.461 e. The van der Waals surface area contributed by atoms with Crippen molar-refractivity contribution in [3.8, 4) is 0 Å². The summed E-state index contributed by atoms with van der Waals surface area (Å²) < 4.78 is 17.3. The topological polar surface area (TPSA) is 146 Å². The molecule has 0 aromatic rings. The van der Waals surface area contributed by atoms with Crippen LogP contribution >= 0.6 is 0 Å². The Bertz CT molecular complexity index is 721. The lowest BCUT2D eigenvalue weighted by Gasteiger charge is -2.45. The maximum atomic E-state index is 12.2. The van der Waals surface area contributed by atoms with Gasteiger partial charge in [0.15, 0.2) is 6.29 Å². The fourth-order valence-corrected chi connectivity index (χ4v) is 5.44. The zero-order chi connectivity index (χ0) is 21.8. The number of esters is 1. The average Bonchev–Trinajstić information content (AvgIpc) is 3.21. The number of ether oxygens (including phenoxy) is 3. The van der Waals surface area contributed by atoms with E-state index in [0.717, 1.165) is 5.57 Å². The minimum absolute atomic E-state index is 0.202. The molecule has 5 N–H and O–H groups in total. The van der Waals surface area contributed by atoms with Gasteiger partial charge in [0.2, 0.25) is 0 Å². The highest BCUT2D eigenvalue weighted by atomic mass is 16.7. The Morgan fingerprint density at radius 1 is 1.23 bits per heavy atom. The van der Waals surface area contributed by atoms with Crippen molar-refractivity contribution in [3.05, 3.63) is 24.3 Å². The fraction of sp³-hybridized carbons (Fsp3) is 0.762. The third-order valence-electron chi connectivity index (χ3n) is 7.28. The summed E-state index contributed by atoms with van der Waals surface area (Å²) in [6.45, 7) is 4.94. The number of rotatable bonds is 4. The molecule has 168 valence electrons. The summed E-state index contributed by atoms with van der Waals surface area (Å²) in [6, 6.07) is 0. The van der Waals surface area contributed by atoms with Crippen molar-refractivity contribution in [2.75, 3.05) is 13.2 Å². The Balaban J connectivity index is 1.68. The number of hydrogen-bond donors (Lipinski definition) is 5. The second-order valence-corrected chi connectivity index (χ2v) is 8.88. The van der Waals surface area contributed by atoms with E-state index in [1.165, 1.54) is 0 Å². The summed E-state index contributed by atoms with van der Waals surface area (Å²) in [7, 11) is 0. The summed E-state index contributed by atoms with van der Waals surface area (Å²) in [5, 5.41) is 50.4. The highest BCUT2D eigenvalue weighted by molar-refractivity contribution is 5.75. The standard InChI is InChI=1S/C21H30O9/c1-9-3-4-12-14(9)18-11(10(2)19(27)29-18)5-6-21(12,8-23)30-20-17(26)16(25)15(24)13(7-22)28-20/h5-6,10-18,20,22-26H,1,3-4,7-8H2,2H3/t10-,11-,12+,13+,14-,15+,16+,17+,18-,20-,21+/m0/s1. The third-order valence-corrected chi connectivity index (χ3v) is 7.28. The molecule has 11 atom stereocenters. The van der Waals surface area contributed by atoms with Crippen molar-refractivity contribution in [2.24, 2.45) is 23.7 Å². The lowest BCUT2D eigenvalue weighted by atomic mass is 9.76. The molecule has 4 aliphatic rings. The highest BCUT2D eigenvalue weighted by Crippen LogP contribution is 2.53. The average molecular weight is 426 g/mol. The molecule has 0 unspecified atom stereocenters.